The summed E-state index contributed by atoms with van der Waals surface area (Å²) in [5, 5.41) is 14.0. The maximum Gasteiger partial charge on any atom is 0.275 e. The van der Waals surface area contributed by atoms with Gasteiger partial charge in [-0.1, -0.05) is 32.0 Å². The topological polar surface area (TPSA) is 86.3 Å². The largest absolute Gasteiger partial charge is 0.425 e. The Morgan fingerprint density at radius 1 is 1.20 bits per heavy atom. The minimum absolute atomic E-state index is 0.0142. The van der Waals surface area contributed by atoms with Crippen molar-refractivity contribution in [3.63, 3.8) is 0 Å². The van der Waals surface area contributed by atoms with Crippen LogP contribution in [0, 0.1) is 5.41 Å². The number of aromatic nitrogens is 4. The number of fused-ring (bicyclic) bond motifs is 1. The van der Waals surface area contributed by atoms with Gasteiger partial charge >= 0.3 is 0 Å². The molecule has 158 valence electrons. The number of hydrogen-bond donors (Lipinski definition) is 0. The third kappa shape index (κ3) is 3.01. The molecule has 4 heterocycles. The average molecular weight is 409 g/mol. The molecule has 1 unspecified atom stereocenters. The number of ether oxygens (including phenoxy) is 1. The van der Waals surface area contributed by atoms with E-state index in [0.29, 0.717) is 43.8 Å². The third-order valence-electron chi connectivity index (χ3n) is 6.63. The van der Waals surface area contributed by atoms with Crippen LogP contribution < -0.4 is 0 Å². The molecule has 0 saturated carbocycles. The van der Waals surface area contributed by atoms with Gasteiger partial charge in [0.2, 0.25) is 11.8 Å². The number of likely N-dealkylation sites (tertiary alicyclic amines) is 1. The summed E-state index contributed by atoms with van der Waals surface area (Å²) in [6.45, 7) is 6.68. The van der Waals surface area contributed by atoms with Gasteiger partial charge in [-0.05, 0) is 18.9 Å². The van der Waals surface area contributed by atoms with Crippen molar-refractivity contribution >= 4 is 16.8 Å². The van der Waals surface area contributed by atoms with Crippen LogP contribution in [0.25, 0.3) is 10.9 Å². The van der Waals surface area contributed by atoms with Gasteiger partial charge < -0.3 is 14.1 Å². The van der Waals surface area contributed by atoms with Crippen molar-refractivity contribution in [2.24, 2.45) is 12.5 Å². The zero-order chi connectivity index (χ0) is 20.9. The normalized spacial score (nSPS) is 21.2. The molecule has 3 aromatic rings. The first-order valence-corrected chi connectivity index (χ1v) is 10.6. The van der Waals surface area contributed by atoms with Gasteiger partial charge in [0.25, 0.3) is 5.91 Å². The van der Waals surface area contributed by atoms with Gasteiger partial charge in [0.1, 0.15) is 0 Å². The van der Waals surface area contributed by atoms with E-state index in [9.17, 15) is 4.79 Å². The van der Waals surface area contributed by atoms with E-state index in [4.69, 9.17) is 9.15 Å². The van der Waals surface area contributed by atoms with Crippen molar-refractivity contribution in [2.45, 2.75) is 38.5 Å². The minimum Gasteiger partial charge on any atom is -0.425 e. The van der Waals surface area contributed by atoms with E-state index in [1.807, 2.05) is 50.1 Å². The predicted molar refractivity (Wildman–Crippen MR) is 110 cm³/mol. The third-order valence-corrected chi connectivity index (χ3v) is 6.63. The molecule has 2 aliphatic rings. The molecule has 0 radical (unpaired) electrons. The lowest BCUT2D eigenvalue weighted by Crippen LogP contribution is -2.37. The van der Waals surface area contributed by atoms with Gasteiger partial charge in [-0.3, -0.25) is 9.48 Å². The van der Waals surface area contributed by atoms with Gasteiger partial charge in [-0.15, -0.1) is 10.2 Å². The van der Waals surface area contributed by atoms with Crippen LogP contribution in [-0.4, -0.2) is 57.1 Å². The Morgan fingerprint density at radius 3 is 2.70 bits per heavy atom. The molecular weight excluding hydrogens is 382 g/mol. The number of aryl methyl sites for hydroxylation is 1. The van der Waals surface area contributed by atoms with Crippen LogP contribution in [0.5, 0.6) is 0 Å². The van der Waals surface area contributed by atoms with Crippen molar-refractivity contribution in [2.75, 3.05) is 26.3 Å². The summed E-state index contributed by atoms with van der Waals surface area (Å²) in [5.74, 6) is 1.44. The molecule has 1 aromatic carbocycles. The fourth-order valence-electron chi connectivity index (χ4n) is 4.89. The van der Waals surface area contributed by atoms with Gasteiger partial charge in [0.15, 0.2) is 5.69 Å². The monoisotopic (exact) mass is 409 g/mol. The highest BCUT2D eigenvalue weighted by Crippen LogP contribution is 2.49. The molecule has 1 amide bonds. The second-order valence-electron chi connectivity index (χ2n) is 8.84. The zero-order valence-electron chi connectivity index (χ0n) is 17.7. The minimum atomic E-state index is -0.0979. The number of para-hydroxylation sites is 1. The molecule has 0 aliphatic carbocycles. The van der Waals surface area contributed by atoms with Crippen LogP contribution in [0.1, 0.15) is 60.8 Å². The maximum atomic E-state index is 13.5. The summed E-state index contributed by atoms with van der Waals surface area (Å²) in [7, 11) is 1.87. The van der Waals surface area contributed by atoms with Gasteiger partial charge in [-0.25, -0.2) is 0 Å². The number of hydrogen-bond acceptors (Lipinski definition) is 6. The summed E-state index contributed by atoms with van der Waals surface area (Å²) < 4.78 is 13.5. The van der Waals surface area contributed by atoms with Crippen LogP contribution in [0.2, 0.25) is 0 Å². The van der Waals surface area contributed by atoms with E-state index in [1.54, 1.807) is 4.68 Å². The Hall–Kier alpha value is -2.74. The molecule has 2 saturated heterocycles. The number of amides is 1. The Bertz CT molecular complexity index is 1080. The van der Waals surface area contributed by atoms with Gasteiger partial charge in [-0.2, -0.15) is 5.10 Å². The number of rotatable bonds is 3. The molecular formula is C22H27N5O3. The molecule has 2 fully saturated rings. The van der Waals surface area contributed by atoms with Crippen molar-refractivity contribution in [3.8, 4) is 0 Å². The molecule has 30 heavy (non-hydrogen) atoms. The second-order valence-corrected chi connectivity index (χ2v) is 8.84. The van der Waals surface area contributed by atoms with E-state index < -0.39 is 0 Å². The maximum absolute atomic E-state index is 13.5. The first-order valence-electron chi connectivity index (χ1n) is 10.6. The van der Waals surface area contributed by atoms with Gasteiger partial charge in [0.05, 0.1) is 11.4 Å². The Balaban J connectivity index is 1.50. The summed E-state index contributed by atoms with van der Waals surface area (Å²) in [6.07, 6.45) is 1.76. The van der Waals surface area contributed by atoms with Crippen LogP contribution in [0.15, 0.2) is 28.7 Å². The lowest BCUT2D eigenvalue weighted by Gasteiger charge is -2.36. The van der Waals surface area contributed by atoms with E-state index in [1.165, 1.54) is 0 Å². The van der Waals surface area contributed by atoms with E-state index in [0.717, 1.165) is 23.7 Å². The number of carbonyl (C=O) groups excluding carboxylic acids is 1. The summed E-state index contributed by atoms with van der Waals surface area (Å²) in [5.41, 5.74) is 1.36. The highest BCUT2D eigenvalue weighted by atomic mass is 16.5. The van der Waals surface area contributed by atoms with E-state index >= 15 is 0 Å². The van der Waals surface area contributed by atoms with Crippen molar-refractivity contribution in [1.29, 1.82) is 0 Å². The molecule has 2 aliphatic heterocycles. The molecule has 8 nitrogen and oxygen atoms in total. The molecule has 1 spiro atoms. The fourth-order valence-corrected chi connectivity index (χ4v) is 4.89. The van der Waals surface area contributed by atoms with E-state index in [-0.39, 0.29) is 23.2 Å². The van der Waals surface area contributed by atoms with Crippen LogP contribution in [0.4, 0.5) is 0 Å². The van der Waals surface area contributed by atoms with Crippen molar-refractivity contribution in [3.05, 3.63) is 41.7 Å². The molecule has 8 heteroatoms. The summed E-state index contributed by atoms with van der Waals surface area (Å²) in [4.78, 5) is 15.5. The van der Waals surface area contributed by atoms with Crippen LogP contribution in [0.3, 0.4) is 0 Å². The molecule has 2 aromatic heterocycles. The zero-order valence-corrected chi connectivity index (χ0v) is 17.7. The molecule has 1 atom stereocenters. The molecule has 0 bridgehead atoms. The first kappa shape index (κ1) is 19.2. The average Bonchev–Trinajstić information content (AvgIpc) is 3.45. The Kier molecular flexibility index (Phi) is 4.61. The van der Waals surface area contributed by atoms with Crippen molar-refractivity contribution < 1.29 is 13.9 Å². The number of carbonyl (C=O) groups is 1. The molecule has 0 N–H and O–H groups in total. The lowest BCUT2D eigenvalue weighted by molar-refractivity contribution is 0.00885. The second kappa shape index (κ2) is 7.19. The fraction of sp³-hybridized carbons (Fsp3) is 0.545. The Labute approximate surface area is 175 Å². The highest BCUT2D eigenvalue weighted by Gasteiger charge is 2.52. The number of benzene rings is 1. The quantitative estimate of drug-likeness (QED) is 0.661. The predicted octanol–water partition coefficient (Wildman–Crippen LogP) is 3.12. The number of nitrogens with zero attached hydrogens (tertiary/aromatic N) is 5. The Morgan fingerprint density at radius 2 is 1.97 bits per heavy atom. The standard InChI is InChI=1S/C22H27N5O3/c1-14(2)19-23-24-20(30-19)16-12-27(13-22(16)8-10-29-11-9-22)21(28)18-15-6-4-5-7-17(15)26(3)25-18/h4-7,14,16H,8-13H2,1-3H3. The van der Waals surface area contributed by atoms with Gasteiger partial charge in [0, 0.05) is 50.1 Å². The highest BCUT2D eigenvalue weighted by molar-refractivity contribution is 6.05. The van der Waals surface area contributed by atoms with Crippen LogP contribution >= 0.6 is 0 Å². The smallest absolute Gasteiger partial charge is 0.275 e. The first-order chi connectivity index (χ1) is 14.5. The van der Waals surface area contributed by atoms with Crippen molar-refractivity contribution in [1.82, 2.24) is 24.9 Å². The molecule has 5 rings (SSSR count). The summed E-state index contributed by atoms with van der Waals surface area (Å²) in [6, 6.07) is 7.85. The van der Waals surface area contributed by atoms with Crippen LogP contribution in [-0.2, 0) is 11.8 Å². The summed E-state index contributed by atoms with van der Waals surface area (Å²) >= 11 is 0. The van der Waals surface area contributed by atoms with E-state index in [2.05, 4.69) is 15.3 Å². The lowest BCUT2D eigenvalue weighted by atomic mass is 9.72. The SMILES string of the molecule is CC(C)c1nnc(C2CN(C(=O)c3nn(C)c4ccccc34)CC23CCOCC3)o1.